The Kier molecular flexibility index (Phi) is 7.94. The van der Waals surface area contributed by atoms with Gasteiger partial charge in [-0.1, -0.05) is 23.7 Å². The lowest BCUT2D eigenvalue weighted by atomic mass is 10.2. The first-order valence-corrected chi connectivity index (χ1v) is 9.51. The van der Waals surface area contributed by atoms with E-state index in [2.05, 4.69) is 5.32 Å². The maximum Gasteiger partial charge on any atom is 0.239 e. The highest BCUT2D eigenvalue weighted by Crippen LogP contribution is 2.18. The summed E-state index contributed by atoms with van der Waals surface area (Å²) in [6.45, 7) is 2.66. The molecule has 0 bridgehead atoms. The van der Waals surface area contributed by atoms with Crippen molar-refractivity contribution in [3.05, 3.63) is 64.9 Å². The van der Waals surface area contributed by atoms with Crippen molar-refractivity contribution >= 4 is 35.2 Å². The Morgan fingerprint density at radius 3 is 2.38 bits per heavy atom. The number of likely N-dealkylation sites (N-methyl/N-ethyl adjacent to an activating group) is 1. The van der Waals surface area contributed by atoms with Crippen molar-refractivity contribution in [3.63, 3.8) is 0 Å². The van der Waals surface area contributed by atoms with Crippen molar-refractivity contribution in [3.8, 4) is 0 Å². The van der Waals surface area contributed by atoms with Crippen LogP contribution in [0.1, 0.15) is 12.5 Å². The molecule has 7 heteroatoms. The van der Waals surface area contributed by atoms with Crippen molar-refractivity contribution in [2.75, 3.05) is 18.8 Å². The Morgan fingerprint density at radius 1 is 1.12 bits per heavy atom. The first-order valence-electron chi connectivity index (χ1n) is 8.15. The predicted octanol–water partition coefficient (Wildman–Crippen LogP) is 3.74. The van der Waals surface area contributed by atoms with Crippen LogP contribution in [0.2, 0.25) is 5.02 Å². The van der Waals surface area contributed by atoms with Gasteiger partial charge in [-0.25, -0.2) is 4.39 Å². The minimum atomic E-state index is -0.312. The fourth-order valence-corrected chi connectivity index (χ4v) is 3.10. The number of rotatable bonds is 8. The van der Waals surface area contributed by atoms with Crippen LogP contribution >= 0.6 is 23.4 Å². The van der Waals surface area contributed by atoms with E-state index in [1.807, 2.05) is 19.1 Å². The molecule has 4 nitrogen and oxygen atoms in total. The van der Waals surface area contributed by atoms with Gasteiger partial charge in [-0.05, 0) is 48.9 Å². The highest BCUT2D eigenvalue weighted by Gasteiger charge is 2.15. The number of halogens is 2. The first kappa shape index (κ1) is 20.3. The molecular formula is C19H20ClFN2O2S. The van der Waals surface area contributed by atoms with E-state index in [9.17, 15) is 14.0 Å². The second-order valence-electron chi connectivity index (χ2n) is 5.55. The van der Waals surface area contributed by atoms with Gasteiger partial charge in [0.1, 0.15) is 5.82 Å². The van der Waals surface area contributed by atoms with E-state index in [1.165, 1.54) is 28.8 Å². The highest BCUT2D eigenvalue weighted by molar-refractivity contribution is 8.00. The maximum atomic E-state index is 12.9. The summed E-state index contributed by atoms with van der Waals surface area (Å²) in [7, 11) is 0. The number of hydrogen-bond donors (Lipinski definition) is 1. The summed E-state index contributed by atoms with van der Waals surface area (Å²) in [6.07, 6.45) is 0. The molecule has 2 rings (SSSR count). The van der Waals surface area contributed by atoms with Crippen LogP contribution in [0.5, 0.6) is 0 Å². The number of benzene rings is 2. The van der Waals surface area contributed by atoms with Crippen LogP contribution in [0.4, 0.5) is 4.39 Å². The second kappa shape index (κ2) is 10.2. The summed E-state index contributed by atoms with van der Waals surface area (Å²) in [5.41, 5.74) is 0.934. The van der Waals surface area contributed by atoms with Crippen LogP contribution in [0.3, 0.4) is 0 Å². The Bertz CT molecular complexity index is 738. The minimum Gasteiger partial charge on any atom is -0.350 e. The topological polar surface area (TPSA) is 49.4 Å². The molecular weight excluding hydrogens is 375 g/mol. The Morgan fingerprint density at radius 2 is 1.77 bits per heavy atom. The number of thioether (sulfide) groups is 1. The van der Waals surface area contributed by atoms with Crippen LogP contribution in [0.25, 0.3) is 0 Å². The van der Waals surface area contributed by atoms with E-state index < -0.39 is 0 Å². The second-order valence-corrected chi connectivity index (χ2v) is 7.04. The lowest BCUT2D eigenvalue weighted by Gasteiger charge is -2.20. The monoisotopic (exact) mass is 394 g/mol. The van der Waals surface area contributed by atoms with Gasteiger partial charge in [0.25, 0.3) is 0 Å². The van der Waals surface area contributed by atoms with Crippen molar-refractivity contribution < 1.29 is 14.0 Å². The molecule has 0 aliphatic heterocycles. The molecule has 0 aliphatic carbocycles. The van der Waals surface area contributed by atoms with Gasteiger partial charge in [0.05, 0.1) is 12.3 Å². The zero-order chi connectivity index (χ0) is 18.9. The standard InChI is InChI=1S/C19H20ClFN2O2S/c1-2-23(19(25)13-26-17-9-7-16(21)8-10-17)12-18(24)22-11-14-3-5-15(20)6-4-14/h3-10H,2,11-13H2,1H3,(H,22,24). The van der Waals surface area contributed by atoms with Gasteiger partial charge in [0, 0.05) is 23.0 Å². The molecule has 2 amide bonds. The Hall–Kier alpha value is -2.05. The molecule has 0 heterocycles. The molecule has 0 spiro atoms. The van der Waals surface area contributed by atoms with E-state index >= 15 is 0 Å². The van der Waals surface area contributed by atoms with Gasteiger partial charge in [0.15, 0.2) is 0 Å². The summed E-state index contributed by atoms with van der Waals surface area (Å²) in [5.74, 6) is -0.470. The summed E-state index contributed by atoms with van der Waals surface area (Å²) in [4.78, 5) is 26.7. The molecule has 0 radical (unpaired) electrons. The first-order chi connectivity index (χ1) is 12.5. The fourth-order valence-electron chi connectivity index (χ4n) is 2.18. The van der Waals surface area contributed by atoms with Gasteiger partial charge in [-0.15, -0.1) is 11.8 Å². The molecule has 0 aromatic heterocycles. The summed E-state index contributed by atoms with van der Waals surface area (Å²) in [6, 6.07) is 13.2. The smallest absolute Gasteiger partial charge is 0.239 e. The number of hydrogen-bond acceptors (Lipinski definition) is 3. The number of nitrogens with zero attached hydrogens (tertiary/aromatic N) is 1. The van der Waals surface area contributed by atoms with Crippen LogP contribution in [0.15, 0.2) is 53.4 Å². The molecule has 26 heavy (non-hydrogen) atoms. The van der Waals surface area contributed by atoms with Gasteiger partial charge < -0.3 is 10.2 Å². The van der Waals surface area contributed by atoms with Crippen LogP contribution in [-0.4, -0.2) is 35.6 Å². The third-order valence-corrected chi connectivity index (χ3v) is 4.90. The van der Waals surface area contributed by atoms with Gasteiger partial charge in [0.2, 0.25) is 11.8 Å². The third-order valence-electron chi connectivity index (χ3n) is 3.65. The minimum absolute atomic E-state index is 0.00685. The lowest BCUT2D eigenvalue weighted by molar-refractivity contribution is -0.133. The van der Waals surface area contributed by atoms with Crippen LogP contribution < -0.4 is 5.32 Å². The number of nitrogens with one attached hydrogen (secondary N) is 1. The van der Waals surface area contributed by atoms with Gasteiger partial charge in [-0.2, -0.15) is 0 Å². The van der Waals surface area contributed by atoms with Gasteiger partial charge in [-0.3, -0.25) is 9.59 Å². The molecule has 2 aromatic carbocycles. The lowest BCUT2D eigenvalue weighted by Crippen LogP contribution is -2.41. The molecule has 0 atom stereocenters. The predicted molar refractivity (Wildman–Crippen MR) is 103 cm³/mol. The van der Waals surface area contributed by atoms with E-state index in [1.54, 1.807) is 24.3 Å². The van der Waals surface area contributed by atoms with E-state index in [-0.39, 0.29) is 29.9 Å². The van der Waals surface area contributed by atoms with Crippen LogP contribution in [-0.2, 0) is 16.1 Å². The number of amides is 2. The Labute approximate surface area is 161 Å². The van der Waals surface area contributed by atoms with E-state index in [0.717, 1.165) is 10.5 Å². The fraction of sp³-hybridized carbons (Fsp3) is 0.263. The summed E-state index contributed by atoms with van der Waals surface area (Å²) >= 11 is 7.14. The van der Waals surface area contributed by atoms with Crippen molar-refractivity contribution in [1.82, 2.24) is 10.2 Å². The average Bonchev–Trinajstić information content (AvgIpc) is 2.65. The van der Waals surface area contributed by atoms with Crippen LogP contribution in [0, 0.1) is 5.82 Å². The quantitative estimate of drug-likeness (QED) is 0.694. The highest BCUT2D eigenvalue weighted by atomic mass is 35.5. The molecule has 0 saturated carbocycles. The van der Waals surface area contributed by atoms with Crippen molar-refractivity contribution in [2.45, 2.75) is 18.4 Å². The van der Waals surface area contributed by atoms with Crippen molar-refractivity contribution in [1.29, 1.82) is 0 Å². The zero-order valence-electron chi connectivity index (χ0n) is 14.4. The van der Waals surface area contributed by atoms with E-state index in [0.29, 0.717) is 18.1 Å². The molecule has 2 aromatic rings. The largest absolute Gasteiger partial charge is 0.350 e. The average molecular weight is 395 g/mol. The van der Waals surface area contributed by atoms with Crippen molar-refractivity contribution in [2.24, 2.45) is 0 Å². The summed E-state index contributed by atoms with van der Waals surface area (Å²) in [5, 5.41) is 3.43. The number of carbonyl (C=O) groups is 2. The molecule has 0 unspecified atom stereocenters. The number of carbonyl (C=O) groups excluding carboxylic acids is 2. The Balaban J connectivity index is 1.78. The molecule has 138 valence electrons. The molecule has 1 N–H and O–H groups in total. The molecule has 0 fully saturated rings. The third kappa shape index (κ3) is 6.69. The maximum absolute atomic E-state index is 12.9. The molecule has 0 aliphatic rings. The van der Waals surface area contributed by atoms with Gasteiger partial charge >= 0.3 is 0 Å². The zero-order valence-corrected chi connectivity index (χ0v) is 15.9. The normalized spacial score (nSPS) is 10.4. The SMILES string of the molecule is CCN(CC(=O)NCc1ccc(Cl)cc1)C(=O)CSc1ccc(F)cc1. The van der Waals surface area contributed by atoms with E-state index in [4.69, 9.17) is 11.6 Å². The molecule has 0 saturated heterocycles. The summed E-state index contributed by atoms with van der Waals surface area (Å²) < 4.78 is 12.9.